The molecule has 0 aliphatic heterocycles. The number of rotatable bonds is 8. The second-order valence-corrected chi connectivity index (χ2v) is 7.88. The molecule has 0 saturated heterocycles. The summed E-state index contributed by atoms with van der Waals surface area (Å²) in [6.45, 7) is 6.75. The lowest BCUT2D eigenvalue weighted by Crippen LogP contribution is -2.28. The Kier molecular flexibility index (Phi) is 6.86. The highest BCUT2D eigenvalue weighted by Crippen LogP contribution is 2.34. The molecule has 0 amide bonds. The van der Waals surface area contributed by atoms with Gasteiger partial charge in [0, 0.05) is 23.1 Å². The molecule has 0 fully saturated rings. The lowest BCUT2D eigenvalue weighted by molar-refractivity contribution is 0.0461. The van der Waals surface area contributed by atoms with Gasteiger partial charge in [-0.25, -0.2) is 14.8 Å². The van der Waals surface area contributed by atoms with Crippen LogP contribution in [0.3, 0.4) is 0 Å². The molecule has 0 spiro atoms. The molecule has 2 aromatic heterocycles. The van der Waals surface area contributed by atoms with Crippen molar-refractivity contribution in [2.45, 2.75) is 13.8 Å². The number of nitrogens with two attached hydrogens (primary N) is 1. The minimum atomic E-state index is -0.608. The molecule has 0 unspecified atom stereocenters. The molecule has 4 rings (SSSR count). The molecule has 4 aromatic rings. The number of H-pyrrole nitrogens is 1. The number of hydrogen-bond acceptors (Lipinski definition) is 7. The molecule has 0 aliphatic rings. The highest BCUT2D eigenvalue weighted by Gasteiger charge is 2.22. The topological polar surface area (TPSA) is 110 Å². The quantitative estimate of drug-likeness (QED) is 0.371. The number of carbonyl (C=O) groups is 1. The molecular weight excluding hydrogens is 440 g/mol. The summed E-state index contributed by atoms with van der Waals surface area (Å²) in [7, 11) is 0. The van der Waals surface area contributed by atoms with Crippen LogP contribution in [0.15, 0.2) is 48.7 Å². The van der Waals surface area contributed by atoms with Gasteiger partial charge in [-0.1, -0.05) is 55.8 Å². The zero-order valence-electron chi connectivity index (χ0n) is 18.5. The monoisotopic (exact) mass is 464 g/mol. The number of nitrogens with zero attached hydrogens (tertiary/aromatic N) is 4. The number of likely N-dealkylation sites (N-methyl/N-ethyl adjacent to an activating group) is 1. The van der Waals surface area contributed by atoms with Gasteiger partial charge in [0.05, 0.1) is 28.1 Å². The van der Waals surface area contributed by atoms with Crippen molar-refractivity contribution in [2.75, 3.05) is 32.0 Å². The van der Waals surface area contributed by atoms with Crippen LogP contribution in [0.1, 0.15) is 24.3 Å². The number of anilines is 1. The normalized spacial score (nSPS) is 11.3. The number of hydrogen-bond donors (Lipinski definition) is 2. The zero-order valence-corrected chi connectivity index (χ0v) is 19.3. The molecule has 0 atom stereocenters. The van der Waals surface area contributed by atoms with E-state index >= 15 is 0 Å². The van der Waals surface area contributed by atoms with Gasteiger partial charge in [-0.2, -0.15) is 5.10 Å². The second kappa shape index (κ2) is 9.97. The number of aromatic amines is 1. The summed E-state index contributed by atoms with van der Waals surface area (Å²) < 4.78 is 5.46. The van der Waals surface area contributed by atoms with Crippen LogP contribution in [0, 0.1) is 0 Å². The standard InChI is InChI=1S/C24H25ClN6O2/c1-3-31(4-2)10-11-33-24(32)22-23(26)29-20(15-8-6-5-7-9-15)21(28-22)16-12-17-14-27-30-19(17)18(25)13-16/h5-9,12-14H,3-4,10-11H2,1-2H3,(H2,26,29)(H,27,30). The van der Waals surface area contributed by atoms with E-state index in [1.54, 1.807) is 12.3 Å². The van der Waals surface area contributed by atoms with E-state index in [1.165, 1.54) is 0 Å². The summed E-state index contributed by atoms with van der Waals surface area (Å²) in [6, 6.07) is 13.2. The smallest absolute Gasteiger partial charge is 0.360 e. The van der Waals surface area contributed by atoms with Crippen molar-refractivity contribution in [3.8, 4) is 22.5 Å². The van der Waals surface area contributed by atoms with E-state index in [0.717, 1.165) is 29.6 Å². The van der Waals surface area contributed by atoms with Crippen LogP contribution >= 0.6 is 11.6 Å². The molecule has 3 N–H and O–H groups in total. The van der Waals surface area contributed by atoms with Gasteiger partial charge in [0.25, 0.3) is 0 Å². The average molecular weight is 465 g/mol. The summed E-state index contributed by atoms with van der Waals surface area (Å²) in [6.07, 6.45) is 1.68. The summed E-state index contributed by atoms with van der Waals surface area (Å²) in [5.41, 5.74) is 9.41. The fraction of sp³-hybridized carbons (Fsp3) is 0.250. The minimum Gasteiger partial charge on any atom is -0.460 e. The van der Waals surface area contributed by atoms with Gasteiger partial charge in [0.15, 0.2) is 11.5 Å². The van der Waals surface area contributed by atoms with Crippen molar-refractivity contribution < 1.29 is 9.53 Å². The Bertz CT molecular complexity index is 1270. The Balaban J connectivity index is 1.76. The summed E-state index contributed by atoms with van der Waals surface area (Å²) >= 11 is 6.47. The average Bonchev–Trinajstić information content (AvgIpc) is 3.31. The van der Waals surface area contributed by atoms with Crippen LogP contribution < -0.4 is 5.73 Å². The van der Waals surface area contributed by atoms with Crippen molar-refractivity contribution in [3.63, 3.8) is 0 Å². The first-order valence-electron chi connectivity index (χ1n) is 10.8. The van der Waals surface area contributed by atoms with Gasteiger partial charge < -0.3 is 15.4 Å². The fourth-order valence-corrected chi connectivity index (χ4v) is 3.89. The van der Waals surface area contributed by atoms with E-state index in [2.05, 4.69) is 38.9 Å². The molecular formula is C24H25ClN6O2. The Morgan fingerprint density at radius 2 is 1.82 bits per heavy atom. The Labute approximate surface area is 196 Å². The third-order valence-electron chi connectivity index (χ3n) is 5.47. The number of ether oxygens (including phenoxy) is 1. The largest absolute Gasteiger partial charge is 0.460 e. The Morgan fingerprint density at radius 1 is 1.09 bits per heavy atom. The van der Waals surface area contributed by atoms with E-state index in [0.29, 0.717) is 28.5 Å². The van der Waals surface area contributed by atoms with Crippen LogP contribution in [0.2, 0.25) is 5.02 Å². The van der Waals surface area contributed by atoms with E-state index in [4.69, 9.17) is 22.1 Å². The second-order valence-electron chi connectivity index (χ2n) is 7.48. The van der Waals surface area contributed by atoms with E-state index in [-0.39, 0.29) is 18.1 Å². The first-order chi connectivity index (χ1) is 16.0. The maximum Gasteiger partial charge on any atom is 0.360 e. The number of nitrogen functional groups attached to an aromatic ring is 1. The zero-order chi connectivity index (χ0) is 23.4. The molecule has 8 nitrogen and oxygen atoms in total. The van der Waals surface area contributed by atoms with E-state index in [9.17, 15) is 4.79 Å². The van der Waals surface area contributed by atoms with Gasteiger partial charge in [-0.15, -0.1) is 0 Å². The predicted molar refractivity (Wildman–Crippen MR) is 130 cm³/mol. The van der Waals surface area contributed by atoms with Crippen LogP contribution in [0.5, 0.6) is 0 Å². The highest BCUT2D eigenvalue weighted by molar-refractivity contribution is 6.35. The Hall–Kier alpha value is -3.49. The number of aromatic nitrogens is 4. The molecule has 2 aromatic carbocycles. The van der Waals surface area contributed by atoms with Crippen molar-refractivity contribution in [3.05, 3.63) is 59.4 Å². The molecule has 9 heteroatoms. The summed E-state index contributed by atoms with van der Waals surface area (Å²) in [5, 5.41) is 8.24. The van der Waals surface area contributed by atoms with Gasteiger partial charge in [0.1, 0.15) is 6.61 Å². The van der Waals surface area contributed by atoms with Crippen LogP contribution in [-0.2, 0) is 4.74 Å². The molecule has 0 radical (unpaired) electrons. The van der Waals surface area contributed by atoms with E-state index in [1.807, 2.05) is 36.4 Å². The third-order valence-corrected chi connectivity index (χ3v) is 5.77. The van der Waals surface area contributed by atoms with Gasteiger partial charge in [-0.3, -0.25) is 5.10 Å². The first-order valence-corrected chi connectivity index (χ1v) is 11.1. The highest BCUT2D eigenvalue weighted by atomic mass is 35.5. The van der Waals surface area contributed by atoms with Gasteiger partial charge in [-0.05, 0) is 25.2 Å². The van der Waals surface area contributed by atoms with Crippen molar-refractivity contribution in [1.82, 2.24) is 25.1 Å². The van der Waals surface area contributed by atoms with Crippen LogP contribution in [-0.4, -0.2) is 57.3 Å². The van der Waals surface area contributed by atoms with Gasteiger partial charge in [0.2, 0.25) is 0 Å². The molecule has 0 bridgehead atoms. The number of halogens is 1. The molecule has 0 saturated carbocycles. The maximum atomic E-state index is 12.8. The van der Waals surface area contributed by atoms with Gasteiger partial charge >= 0.3 is 5.97 Å². The maximum absolute atomic E-state index is 12.8. The van der Waals surface area contributed by atoms with Crippen LogP contribution in [0.25, 0.3) is 33.4 Å². The number of nitrogens with one attached hydrogen (secondary N) is 1. The van der Waals surface area contributed by atoms with Crippen molar-refractivity contribution >= 4 is 34.3 Å². The molecule has 170 valence electrons. The first kappa shape index (κ1) is 22.7. The third kappa shape index (κ3) is 4.81. The summed E-state index contributed by atoms with van der Waals surface area (Å²) in [4.78, 5) is 24.2. The lowest BCUT2D eigenvalue weighted by atomic mass is 10.0. The van der Waals surface area contributed by atoms with Crippen molar-refractivity contribution in [2.24, 2.45) is 0 Å². The fourth-order valence-electron chi connectivity index (χ4n) is 3.62. The minimum absolute atomic E-state index is 0.0147. The number of fused-ring (bicyclic) bond motifs is 1. The molecule has 0 aliphatic carbocycles. The number of benzene rings is 2. The summed E-state index contributed by atoms with van der Waals surface area (Å²) in [5.74, 6) is -0.593. The SMILES string of the molecule is CCN(CC)CCOC(=O)c1nc(-c2cc(Cl)c3[nH]ncc3c2)c(-c2ccccc2)nc1N. The number of esters is 1. The van der Waals surface area contributed by atoms with Crippen LogP contribution in [0.4, 0.5) is 5.82 Å². The number of carbonyl (C=O) groups excluding carboxylic acids is 1. The molecule has 33 heavy (non-hydrogen) atoms. The lowest BCUT2D eigenvalue weighted by Gasteiger charge is -2.18. The predicted octanol–water partition coefficient (Wildman–Crippen LogP) is 4.42. The Morgan fingerprint density at radius 3 is 2.55 bits per heavy atom. The molecule has 2 heterocycles. The van der Waals surface area contributed by atoms with Crippen molar-refractivity contribution in [1.29, 1.82) is 0 Å². The van der Waals surface area contributed by atoms with E-state index < -0.39 is 5.97 Å².